The smallest absolute Gasteiger partial charge is 0.341 e. The molecule has 0 heterocycles. The molecular weight excluding hydrogens is 230 g/mol. The zero-order valence-electron chi connectivity index (χ0n) is 10.2. The Morgan fingerprint density at radius 2 is 0.571 bits per heavy atom. The van der Waals surface area contributed by atoms with Gasteiger partial charge in [0.25, 0.3) is 0 Å². The van der Waals surface area contributed by atoms with Crippen LogP contribution >= 0.6 is 0 Å². The van der Waals surface area contributed by atoms with Crippen molar-refractivity contribution in [2.45, 2.75) is 41.5 Å². The summed E-state index contributed by atoms with van der Waals surface area (Å²) in [6.07, 6.45) is 0. The summed E-state index contributed by atoms with van der Waals surface area (Å²) in [5, 5.41) is 0. The summed E-state index contributed by atoms with van der Waals surface area (Å²) in [4.78, 5) is 0. The van der Waals surface area contributed by atoms with Crippen LogP contribution in [0.15, 0.2) is 0 Å². The number of hydrogen-bond acceptors (Lipinski definition) is 0. The average Bonchev–Trinajstić information content (AvgIpc) is 1.54. The van der Waals surface area contributed by atoms with E-state index in [-0.39, 0.29) is 33.9 Å². The molecule has 0 aromatic rings. The predicted molar refractivity (Wildman–Crippen MR) is 70.5 cm³/mol. The van der Waals surface area contributed by atoms with Gasteiger partial charge in [-0.25, -0.2) is 0 Å². The molecule has 0 aliphatic heterocycles. The molecule has 0 unspecified atom stereocenters. The zero-order valence-corrected chi connectivity index (χ0v) is 11.2. The molecule has 0 nitrogen and oxygen atoms in total. The van der Waals surface area contributed by atoms with Crippen LogP contribution in [0.25, 0.3) is 0 Å². The topological polar surface area (TPSA) is 0 Å². The van der Waals surface area contributed by atoms with E-state index in [1.807, 2.05) is 0 Å². The van der Waals surface area contributed by atoms with E-state index in [0.717, 1.165) is 0 Å². The molecule has 0 rings (SSSR count). The normalized spacial score (nSPS) is 7.71. The van der Waals surface area contributed by atoms with Crippen LogP contribution in [0.1, 0.15) is 41.5 Å². The fraction of sp³-hybridized carbons (Fsp3) is 0.750. The largest absolute Gasteiger partial charge is 3.00 e. The van der Waals surface area contributed by atoms with E-state index in [0.29, 0.717) is 17.8 Å². The molecule has 14 heavy (non-hydrogen) atoms. The summed E-state index contributed by atoms with van der Waals surface area (Å²) in [5.74, 6) is 1.75. The van der Waals surface area contributed by atoms with Gasteiger partial charge in [-0.05, 0) is 0 Å². The van der Waals surface area contributed by atoms with Gasteiger partial charge in [-0.2, -0.15) is 17.8 Å². The van der Waals surface area contributed by atoms with Crippen molar-refractivity contribution in [2.24, 2.45) is 17.8 Å². The third kappa shape index (κ3) is 1790. The molecule has 0 spiro atoms. The standard InChI is InChI=1S/3C4H9.Al.Ni.3H/c3*1-4(2)3;;;;;/h3*4H,1H2,2-3H3;;;;;/q3*-1;;+3;;;. The van der Waals surface area contributed by atoms with Gasteiger partial charge in [0.2, 0.25) is 0 Å². The van der Waals surface area contributed by atoms with Crippen LogP contribution in [0.3, 0.4) is 0 Å². The van der Waals surface area contributed by atoms with Crippen molar-refractivity contribution in [1.29, 1.82) is 0 Å². The Morgan fingerprint density at radius 3 is 0.571 bits per heavy atom. The molecule has 0 amide bonds. The van der Waals surface area contributed by atoms with Gasteiger partial charge in [0, 0.05) is 0 Å². The Bertz CT molecular complexity index is 38.8. The molecule has 0 aliphatic rings. The third-order valence-electron chi connectivity index (χ3n) is 0. The molecule has 91 valence electrons. The molecule has 0 fully saturated rings. The molecule has 1 radical (unpaired) electrons. The summed E-state index contributed by atoms with van der Waals surface area (Å²) in [6, 6.07) is 0. The Hall–Kier alpha value is 1.03. The van der Waals surface area contributed by atoms with Crippen molar-refractivity contribution >= 4 is 17.4 Å². The average molecular weight is 260 g/mol. The fourth-order valence-corrected chi connectivity index (χ4v) is 0. The number of hydrogen-bond donors (Lipinski definition) is 0. The van der Waals surface area contributed by atoms with Gasteiger partial charge in [-0.1, -0.05) is 41.5 Å². The SMILES string of the molecule is [AlH3].[CH2-]C(C)C.[CH2-]C(C)C.[CH2-]C(C)C.[Ni+3]. The van der Waals surface area contributed by atoms with E-state index >= 15 is 0 Å². The molecular formula is C12H30AlNi. The second-order valence-electron chi connectivity index (χ2n) is 4.18. The van der Waals surface area contributed by atoms with Crippen LogP contribution in [0.4, 0.5) is 0 Å². The zero-order chi connectivity index (χ0) is 10.7. The minimum Gasteiger partial charge on any atom is -0.341 e. The van der Waals surface area contributed by atoms with Crippen molar-refractivity contribution in [2.75, 3.05) is 0 Å². The van der Waals surface area contributed by atoms with Gasteiger partial charge in [-0.15, -0.1) is 0 Å². The Morgan fingerprint density at radius 1 is 0.571 bits per heavy atom. The molecule has 0 aromatic carbocycles. The first kappa shape index (κ1) is 29.4. The maximum absolute atomic E-state index is 3.64. The van der Waals surface area contributed by atoms with Gasteiger partial charge in [-0.3, -0.25) is 0 Å². The Balaban J connectivity index is -0.0000000270. The summed E-state index contributed by atoms with van der Waals surface area (Å²) in [5.41, 5.74) is 0. The van der Waals surface area contributed by atoms with Gasteiger partial charge in [0.1, 0.15) is 0 Å². The predicted octanol–water partition coefficient (Wildman–Crippen LogP) is 3.24. The van der Waals surface area contributed by atoms with Gasteiger partial charge >= 0.3 is 16.5 Å². The summed E-state index contributed by atoms with van der Waals surface area (Å²) in [7, 11) is 0. The Kier molecular flexibility index (Phi) is 49.7. The first-order valence-corrected chi connectivity index (χ1v) is 4.69. The number of rotatable bonds is 0. The van der Waals surface area contributed by atoms with E-state index in [1.165, 1.54) is 0 Å². The molecule has 0 saturated carbocycles. The van der Waals surface area contributed by atoms with Crippen LogP contribution in [-0.2, 0) is 16.5 Å². The van der Waals surface area contributed by atoms with Crippen LogP contribution in [0.5, 0.6) is 0 Å². The molecule has 0 aromatic heterocycles. The van der Waals surface area contributed by atoms with Gasteiger partial charge < -0.3 is 20.8 Å². The molecule has 0 N–H and O–H groups in total. The summed E-state index contributed by atoms with van der Waals surface area (Å²) < 4.78 is 0. The van der Waals surface area contributed by atoms with E-state index in [9.17, 15) is 0 Å². The molecule has 0 bridgehead atoms. The van der Waals surface area contributed by atoms with Gasteiger partial charge in [0.15, 0.2) is 17.4 Å². The molecule has 0 aliphatic carbocycles. The second-order valence-corrected chi connectivity index (χ2v) is 4.18. The van der Waals surface area contributed by atoms with E-state index < -0.39 is 0 Å². The van der Waals surface area contributed by atoms with Crippen LogP contribution in [-0.4, -0.2) is 17.4 Å². The van der Waals surface area contributed by atoms with Crippen LogP contribution in [0.2, 0.25) is 0 Å². The van der Waals surface area contributed by atoms with Crippen molar-refractivity contribution in [3.63, 3.8) is 0 Å². The molecule has 2 heteroatoms. The monoisotopic (exact) mass is 259 g/mol. The molecule has 0 atom stereocenters. The maximum atomic E-state index is 3.64. The van der Waals surface area contributed by atoms with Crippen molar-refractivity contribution in [3.8, 4) is 0 Å². The Labute approximate surface area is 114 Å². The first-order chi connectivity index (χ1) is 5.20. The summed E-state index contributed by atoms with van der Waals surface area (Å²) >= 11 is 0. The van der Waals surface area contributed by atoms with Crippen LogP contribution < -0.4 is 0 Å². The minimum absolute atomic E-state index is 0. The quantitative estimate of drug-likeness (QED) is 0.463. The van der Waals surface area contributed by atoms with Crippen molar-refractivity contribution in [3.05, 3.63) is 20.8 Å². The van der Waals surface area contributed by atoms with Gasteiger partial charge in [0.05, 0.1) is 0 Å². The fourth-order valence-electron chi connectivity index (χ4n) is 0. The van der Waals surface area contributed by atoms with Crippen LogP contribution in [0, 0.1) is 38.5 Å². The summed E-state index contributed by atoms with van der Waals surface area (Å²) in [6.45, 7) is 23.2. The van der Waals surface area contributed by atoms with E-state index in [1.54, 1.807) is 0 Å². The molecule has 0 saturated heterocycles. The minimum atomic E-state index is 0. The second kappa shape index (κ2) is 23.7. The van der Waals surface area contributed by atoms with Crippen molar-refractivity contribution in [1.82, 2.24) is 0 Å². The first-order valence-electron chi connectivity index (χ1n) is 4.69. The van der Waals surface area contributed by atoms with E-state index in [2.05, 4.69) is 62.3 Å². The third-order valence-corrected chi connectivity index (χ3v) is 0. The maximum Gasteiger partial charge on any atom is 3.00 e. The van der Waals surface area contributed by atoms with Crippen molar-refractivity contribution < 1.29 is 16.5 Å². The van der Waals surface area contributed by atoms with E-state index in [4.69, 9.17) is 0 Å².